The van der Waals surface area contributed by atoms with Crippen molar-refractivity contribution in [1.82, 2.24) is 0 Å². The first kappa shape index (κ1) is 24.3. The summed E-state index contributed by atoms with van der Waals surface area (Å²) in [7, 11) is 0. The van der Waals surface area contributed by atoms with E-state index in [1.807, 2.05) is 6.07 Å². The van der Waals surface area contributed by atoms with Crippen molar-refractivity contribution in [2.75, 3.05) is 13.2 Å². The molecule has 0 saturated heterocycles. The van der Waals surface area contributed by atoms with Crippen molar-refractivity contribution in [3.8, 4) is 12.1 Å². The third kappa shape index (κ3) is 10.8. The fraction of sp³-hybridized carbons (Fsp3) is 0.750. The Morgan fingerprint density at radius 3 is 1.67 bits per heavy atom. The number of alkyl halides is 3. The number of hydrogen-bond acceptors (Lipinski definition) is 8. The molecule has 0 fully saturated rings. The van der Waals surface area contributed by atoms with Crippen LogP contribution >= 0.6 is 0 Å². The van der Waals surface area contributed by atoms with Gasteiger partial charge in [-0.05, 0) is 33.6 Å². The normalized spacial score (nSPS) is 15.9. The molecule has 0 amide bonds. The molecule has 0 radical (unpaired) electrons. The first-order chi connectivity index (χ1) is 12.4. The largest absolute Gasteiger partial charge is 0.466 e. The molecule has 0 rings (SSSR count). The van der Waals surface area contributed by atoms with E-state index in [-0.39, 0.29) is 25.9 Å². The van der Waals surface area contributed by atoms with Crippen LogP contribution in [0.3, 0.4) is 0 Å². The maximum Gasteiger partial charge on any atom is 0.422 e. The maximum absolute atomic E-state index is 12.0. The van der Waals surface area contributed by atoms with E-state index in [4.69, 9.17) is 4.74 Å². The molecule has 0 aromatic heterocycles. The highest BCUT2D eigenvalue weighted by Gasteiger charge is 2.32. The summed E-state index contributed by atoms with van der Waals surface area (Å²) >= 11 is 0. The smallest absolute Gasteiger partial charge is 0.422 e. The summed E-state index contributed by atoms with van der Waals surface area (Å²) < 4.78 is 44.8. The van der Waals surface area contributed by atoms with E-state index < -0.39 is 42.2 Å². The lowest BCUT2D eigenvalue weighted by atomic mass is 9.97. The lowest BCUT2D eigenvalue weighted by molar-refractivity contribution is -0.186. The van der Waals surface area contributed by atoms with Crippen molar-refractivity contribution in [1.29, 1.82) is 10.5 Å². The van der Waals surface area contributed by atoms with E-state index >= 15 is 0 Å². The van der Waals surface area contributed by atoms with Crippen molar-refractivity contribution >= 4 is 11.9 Å². The molecule has 0 saturated carbocycles. The van der Waals surface area contributed by atoms with Gasteiger partial charge in [-0.25, -0.2) is 0 Å². The van der Waals surface area contributed by atoms with E-state index in [0.717, 1.165) is 0 Å². The summed E-state index contributed by atoms with van der Waals surface area (Å²) in [6.07, 6.45) is -5.44. The number of carbonyl (C=O) groups is 2. The molecule has 0 bridgehead atoms. The van der Waals surface area contributed by atoms with Crippen LogP contribution in [0.4, 0.5) is 13.2 Å². The summed E-state index contributed by atoms with van der Waals surface area (Å²) in [6.45, 7) is 2.85. The van der Waals surface area contributed by atoms with Crippen LogP contribution < -0.4 is 0 Å². The number of carbonyl (C=O) groups excluding carboxylic acids is 2. The highest BCUT2D eigenvalue weighted by Crippen LogP contribution is 2.24. The number of ether oxygens (including phenoxy) is 2. The van der Waals surface area contributed by atoms with Crippen molar-refractivity contribution in [3.63, 3.8) is 0 Å². The van der Waals surface area contributed by atoms with Gasteiger partial charge in [0.1, 0.15) is 0 Å². The van der Waals surface area contributed by atoms with Crippen LogP contribution in [0.1, 0.15) is 46.5 Å². The quantitative estimate of drug-likeness (QED) is 0.416. The van der Waals surface area contributed by atoms with Crippen LogP contribution in [0.2, 0.25) is 0 Å². The molecule has 8 nitrogen and oxygen atoms in total. The minimum Gasteiger partial charge on any atom is -0.466 e. The number of azo groups is 1. The highest BCUT2D eigenvalue weighted by molar-refractivity contribution is 5.69. The standard InChI is InChI=1S/C16H21F3N4O4/c1-4-26-12(24)5-7-14(2,9-20)22-23-15(3,10-21)8-6-13(25)27-11-16(17,18)19/h4-8,11H2,1-3H3. The lowest BCUT2D eigenvalue weighted by Gasteiger charge is -2.19. The number of nitriles is 2. The predicted molar refractivity (Wildman–Crippen MR) is 85.0 cm³/mol. The van der Waals surface area contributed by atoms with Gasteiger partial charge in [-0.3, -0.25) is 9.59 Å². The van der Waals surface area contributed by atoms with Crippen molar-refractivity contribution in [2.45, 2.75) is 63.7 Å². The molecule has 0 N–H and O–H groups in total. The molecular formula is C16H21F3N4O4. The minimum atomic E-state index is -4.64. The van der Waals surface area contributed by atoms with Crippen molar-refractivity contribution in [3.05, 3.63) is 0 Å². The fourth-order valence-corrected chi connectivity index (χ4v) is 1.64. The van der Waals surface area contributed by atoms with Gasteiger partial charge in [-0.15, -0.1) is 0 Å². The number of rotatable bonds is 10. The highest BCUT2D eigenvalue weighted by atomic mass is 19.4. The Morgan fingerprint density at radius 1 is 0.926 bits per heavy atom. The zero-order valence-corrected chi connectivity index (χ0v) is 15.3. The van der Waals surface area contributed by atoms with Gasteiger partial charge in [0.15, 0.2) is 17.7 Å². The van der Waals surface area contributed by atoms with Crippen LogP contribution in [0, 0.1) is 22.7 Å². The number of hydrogen-bond donors (Lipinski definition) is 0. The van der Waals surface area contributed by atoms with E-state index in [1.165, 1.54) is 13.8 Å². The zero-order valence-electron chi connectivity index (χ0n) is 15.3. The summed E-state index contributed by atoms with van der Waals surface area (Å²) in [5.41, 5.74) is -2.94. The zero-order chi connectivity index (χ0) is 21.1. The number of nitrogens with zero attached hydrogens (tertiary/aromatic N) is 4. The van der Waals surface area contributed by atoms with Gasteiger partial charge in [-0.2, -0.15) is 33.9 Å². The molecule has 0 spiro atoms. The van der Waals surface area contributed by atoms with Gasteiger partial charge >= 0.3 is 18.1 Å². The monoisotopic (exact) mass is 390 g/mol. The Balaban J connectivity index is 4.84. The molecule has 0 aromatic rings. The molecule has 27 heavy (non-hydrogen) atoms. The number of esters is 2. The molecule has 150 valence electrons. The van der Waals surface area contributed by atoms with Gasteiger partial charge in [0.25, 0.3) is 0 Å². The first-order valence-corrected chi connectivity index (χ1v) is 8.03. The van der Waals surface area contributed by atoms with E-state index in [2.05, 4.69) is 15.0 Å². The molecule has 0 aliphatic carbocycles. The Morgan fingerprint density at radius 2 is 1.33 bits per heavy atom. The van der Waals surface area contributed by atoms with Gasteiger partial charge < -0.3 is 9.47 Å². The molecular weight excluding hydrogens is 369 g/mol. The summed E-state index contributed by atoms with van der Waals surface area (Å²) in [5.74, 6) is -1.64. The van der Waals surface area contributed by atoms with Gasteiger partial charge in [-0.1, -0.05) is 0 Å². The van der Waals surface area contributed by atoms with Crippen molar-refractivity contribution < 1.29 is 32.2 Å². The molecule has 0 aliphatic rings. The third-order valence-corrected chi connectivity index (χ3v) is 3.31. The van der Waals surface area contributed by atoms with E-state index in [0.29, 0.717) is 0 Å². The second-order valence-electron chi connectivity index (χ2n) is 6.05. The Hall–Kier alpha value is -2.69. The topological polar surface area (TPSA) is 125 Å². The molecule has 11 heteroatoms. The molecule has 0 heterocycles. The second-order valence-corrected chi connectivity index (χ2v) is 6.05. The van der Waals surface area contributed by atoms with Crippen molar-refractivity contribution in [2.24, 2.45) is 10.2 Å². The third-order valence-electron chi connectivity index (χ3n) is 3.31. The lowest BCUT2D eigenvalue weighted by Crippen LogP contribution is -2.26. The molecule has 2 atom stereocenters. The Bertz CT molecular complexity index is 639. The van der Waals surface area contributed by atoms with Gasteiger partial charge in [0, 0.05) is 12.8 Å². The van der Waals surface area contributed by atoms with Crippen LogP contribution in [-0.2, 0) is 19.1 Å². The van der Waals surface area contributed by atoms with Crippen LogP contribution in [0.25, 0.3) is 0 Å². The average Bonchev–Trinajstić information content (AvgIpc) is 2.61. The van der Waals surface area contributed by atoms with Crippen LogP contribution in [0.5, 0.6) is 0 Å². The van der Waals surface area contributed by atoms with Crippen LogP contribution in [0.15, 0.2) is 10.2 Å². The second kappa shape index (κ2) is 10.5. The van der Waals surface area contributed by atoms with Gasteiger partial charge in [0.05, 0.1) is 18.7 Å². The molecule has 2 unspecified atom stereocenters. The first-order valence-electron chi connectivity index (χ1n) is 8.03. The van der Waals surface area contributed by atoms with Gasteiger partial charge in [0.2, 0.25) is 0 Å². The maximum atomic E-state index is 12.0. The average molecular weight is 390 g/mol. The summed E-state index contributed by atoms with van der Waals surface area (Å²) in [5, 5.41) is 26.1. The Kier molecular flexibility index (Phi) is 9.41. The van der Waals surface area contributed by atoms with E-state index in [1.54, 1.807) is 13.0 Å². The van der Waals surface area contributed by atoms with E-state index in [9.17, 15) is 33.3 Å². The number of halogens is 3. The molecule has 0 aromatic carbocycles. The minimum absolute atomic E-state index is 0.000959. The SMILES string of the molecule is CCOC(=O)CCC(C)(C#N)N=NC(C)(C#N)CCC(=O)OCC(F)(F)F. The summed E-state index contributed by atoms with van der Waals surface area (Å²) in [4.78, 5) is 22.7. The summed E-state index contributed by atoms with van der Waals surface area (Å²) in [6, 6.07) is 3.68. The van der Waals surface area contributed by atoms with Crippen LogP contribution in [-0.4, -0.2) is 42.4 Å². The fourth-order valence-electron chi connectivity index (χ4n) is 1.64. The Labute approximate surface area is 154 Å². The molecule has 0 aliphatic heterocycles. The predicted octanol–water partition coefficient (Wildman–Crippen LogP) is 3.23.